The zero-order valence-electron chi connectivity index (χ0n) is 14.6. The van der Waals surface area contributed by atoms with Gasteiger partial charge < -0.3 is 14.8 Å². The van der Waals surface area contributed by atoms with Crippen LogP contribution >= 0.6 is 22.7 Å². The normalized spacial score (nSPS) is 10.5. The summed E-state index contributed by atoms with van der Waals surface area (Å²) in [6.45, 7) is 2.11. The topological polar surface area (TPSA) is 64.6 Å². The molecule has 0 unspecified atom stereocenters. The first-order valence-corrected chi connectivity index (χ1v) is 9.61. The predicted octanol–water partition coefficient (Wildman–Crippen LogP) is 4.88. The molecule has 2 heterocycles. The van der Waals surface area contributed by atoms with Crippen molar-refractivity contribution in [3.8, 4) is 5.75 Å². The highest BCUT2D eigenvalue weighted by atomic mass is 32.1. The maximum Gasteiger partial charge on any atom is 0.340 e. The Morgan fingerprint density at radius 1 is 1.19 bits per heavy atom. The molecule has 0 spiro atoms. The molecule has 27 heavy (non-hydrogen) atoms. The van der Waals surface area contributed by atoms with Gasteiger partial charge in [-0.05, 0) is 48.7 Å². The summed E-state index contributed by atoms with van der Waals surface area (Å²) in [6, 6.07) is 9.14. The fraction of sp³-hybridized carbons (Fsp3) is 0.158. The Morgan fingerprint density at radius 3 is 2.63 bits per heavy atom. The lowest BCUT2D eigenvalue weighted by Crippen LogP contribution is -2.12. The van der Waals surface area contributed by atoms with E-state index in [9.17, 15) is 14.0 Å². The molecular weight excluding hydrogens is 389 g/mol. The van der Waals surface area contributed by atoms with Gasteiger partial charge in [-0.3, -0.25) is 4.79 Å². The molecular formula is C19H16FNO4S2. The molecule has 0 aliphatic rings. The number of esters is 1. The van der Waals surface area contributed by atoms with Crippen LogP contribution in [0.5, 0.6) is 5.75 Å². The highest BCUT2D eigenvalue weighted by Gasteiger charge is 2.19. The fourth-order valence-electron chi connectivity index (χ4n) is 2.30. The summed E-state index contributed by atoms with van der Waals surface area (Å²) in [5.74, 6) is -0.577. The van der Waals surface area contributed by atoms with Crippen molar-refractivity contribution < 1.29 is 23.5 Å². The van der Waals surface area contributed by atoms with Crippen molar-refractivity contribution in [3.63, 3.8) is 0 Å². The summed E-state index contributed by atoms with van der Waals surface area (Å²) >= 11 is 2.59. The van der Waals surface area contributed by atoms with Gasteiger partial charge in [-0.15, -0.1) is 22.7 Å². The molecule has 0 aliphatic heterocycles. The Kier molecular flexibility index (Phi) is 5.88. The van der Waals surface area contributed by atoms with Gasteiger partial charge in [-0.25, -0.2) is 9.18 Å². The number of aryl methyl sites for hydroxylation is 1. The molecule has 1 aromatic carbocycles. The van der Waals surface area contributed by atoms with Crippen LogP contribution in [0.2, 0.25) is 0 Å². The highest BCUT2D eigenvalue weighted by molar-refractivity contribution is 7.17. The lowest BCUT2D eigenvalue weighted by molar-refractivity contribution is 0.0602. The maximum absolute atomic E-state index is 12.9. The summed E-state index contributed by atoms with van der Waals surface area (Å²) in [4.78, 5) is 25.7. The third kappa shape index (κ3) is 4.72. The number of hydrogen-bond acceptors (Lipinski definition) is 6. The van der Waals surface area contributed by atoms with E-state index >= 15 is 0 Å². The van der Waals surface area contributed by atoms with Gasteiger partial charge in [0.2, 0.25) is 0 Å². The Morgan fingerprint density at radius 2 is 1.93 bits per heavy atom. The molecule has 3 rings (SSSR count). The summed E-state index contributed by atoms with van der Waals surface area (Å²) in [5, 5.41) is 5.04. The average Bonchev–Trinajstić information content (AvgIpc) is 3.27. The SMILES string of the molecule is COC(=O)c1cc(C)sc1NC(=O)c1cc(COc2ccc(F)cc2)cs1. The first kappa shape index (κ1) is 19.1. The second-order valence-corrected chi connectivity index (χ2v) is 7.77. The molecule has 0 saturated heterocycles. The second kappa shape index (κ2) is 8.32. The monoisotopic (exact) mass is 405 g/mol. The van der Waals surface area contributed by atoms with Crippen molar-refractivity contribution in [2.24, 2.45) is 0 Å². The quantitative estimate of drug-likeness (QED) is 0.594. The third-order valence-electron chi connectivity index (χ3n) is 3.58. The molecule has 3 aromatic rings. The van der Waals surface area contributed by atoms with Crippen LogP contribution < -0.4 is 10.1 Å². The van der Waals surface area contributed by atoms with Crippen LogP contribution in [-0.4, -0.2) is 19.0 Å². The van der Waals surface area contributed by atoms with Crippen molar-refractivity contribution >= 4 is 39.6 Å². The standard InChI is InChI=1S/C19H16FNO4S2/c1-11-7-15(19(23)24-2)18(27-11)21-17(22)16-8-12(10-26-16)9-25-14-5-3-13(20)4-6-14/h3-8,10H,9H2,1-2H3,(H,21,22). The number of nitrogens with one attached hydrogen (secondary N) is 1. The largest absolute Gasteiger partial charge is 0.489 e. The molecule has 2 aromatic heterocycles. The van der Waals surface area contributed by atoms with Crippen LogP contribution in [-0.2, 0) is 11.3 Å². The van der Waals surface area contributed by atoms with E-state index in [0.717, 1.165) is 10.4 Å². The van der Waals surface area contributed by atoms with Crippen LogP contribution in [0, 0.1) is 12.7 Å². The minimum atomic E-state index is -0.491. The van der Waals surface area contributed by atoms with E-state index in [1.54, 1.807) is 24.3 Å². The number of ether oxygens (including phenoxy) is 2. The molecule has 140 valence electrons. The number of anilines is 1. The average molecular weight is 405 g/mol. The number of rotatable bonds is 6. The lowest BCUT2D eigenvalue weighted by Gasteiger charge is -2.04. The van der Waals surface area contributed by atoms with Gasteiger partial charge in [0.15, 0.2) is 0 Å². The van der Waals surface area contributed by atoms with E-state index in [1.807, 2.05) is 12.3 Å². The van der Waals surface area contributed by atoms with Gasteiger partial charge in [0, 0.05) is 10.4 Å². The van der Waals surface area contributed by atoms with Crippen LogP contribution in [0.25, 0.3) is 0 Å². The van der Waals surface area contributed by atoms with Crippen molar-refractivity contribution in [2.45, 2.75) is 13.5 Å². The Hall–Kier alpha value is -2.71. The molecule has 0 atom stereocenters. The summed E-state index contributed by atoms with van der Waals surface area (Å²) < 4.78 is 23.2. The van der Waals surface area contributed by atoms with Crippen LogP contribution in [0.3, 0.4) is 0 Å². The summed E-state index contributed by atoms with van der Waals surface area (Å²) in [6.07, 6.45) is 0. The molecule has 0 fully saturated rings. The number of halogens is 1. The van der Waals surface area contributed by atoms with Gasteiger partial charge in [0.05, 0.1) is 17.6 Å². The van der Waals surface area contributed by atoms with E-state index < -0.39 is 5.97 Å². The Bertz CT molecular complexity index is 963. The number of carbonyl (C=O) groups excluding carboxylic acids is 2. The van der Waals surface area contributed by atoms with E-state index in [4.69, 9.17) is 9.47 Å². The van der Waals surface area contributed by atoms with E-state index in [-0.39, 0.29) is 18.3 Å². The van der Waals surface area contributed by atoms with Gasteiger partial charge in [-0.2, -0.15) is 0 Å². The van der Waals surface area contributed by atoms with Crippen molar-refractivity contribution in [2.75, 3.05) is 12.4 Å². The maximum atomic E-state index is 12.9. The van der Waals surface area contributed by atoms with Gasteiger partial charge >= 0.3 is 5.97 Å². The predicted molar refractivity (Wildman–Crippen MR) is 103 cm³/mol. The molecule has 1 amide bonds. The van der Waals surface area contributed by atoms with Gasteiger partial charge in [0.25, 0.3) is 5.91 Å². The number of benzene rings is 1. The summed E-state index contributed by atoms with van der Waals surface area (Å²) in [7, 11) is 1.30. The minimum absolute atomic E-state index is 0.265. The third-order valence-corrected chi connectivity index (χ3v) is 5.53. The lowest BCUT2D eigenvalue weighted by atomic mass is 10.3. The first-order chi connectivity index (χ1) is 13.0. The van der Waals surface area contributed by atoms with Crippen LogP contribution in [0.15, 0.2) is 41.8 Å². The fourth-order valence-corrected chi connectivity index (χ4v) is 3.99. The Labute approximate surface area is 163 Å². The molecule has 1 N–H and O–H groups in total. The molecule has 0 bridgehead atoms. The van der Waals surface area contributed by atoms with Crippen molar-refractivity contribution in [3.05, 3.63) is 68.5 Å². The number of carbonyl (C=O) groups is 2. The van der Waals surface area contributed by atoms with E-state index in [2.05, 4.69) is 5.32 Å². The summed E-state index contributed by atoms with van der Waals surface area (Å²) in [5.41, 5.74) is 1.16. The molecule has 5 nitrogen and oxygen atoms in total. The minimum Gasteiger partial charge on any atom is -0.489 e. The molecule has 0 aliphatic carbocycles. The van der Waals surface area contributed by atoms with Crippen molar-refractivity contribution in [1.29, 1.82) is 0 Å². The smallest absolute Gasteiger partial charge is 0.340 e. The number of amides is 1. The molecule has 0 radical (unpaired) electrons. The first-order valence-electron chi connectivity index (χ1n) is 7.92. The van der Waals surface area contributed by atoms with Gasteiger partial charge in [0.1, 0.15) is 23.2 Å². The zero-order valence-corrected chi connectivity index (χ0v) is 16.2. The van der Waals surface area contributed by atoms with Crippen molar-refractivity contribution in [1.82, 2.24) is 0 Å². The van der Waals surface area contributed by atoms with Crippen LogP contribution in [0.1, 0.15) is 30.5 Å². The molecule has 0 saturated carbocycles. The number of methoxy groups -OCH3 is 1. The van der Waals surface area contributed by atoms with Crippen LogP contribution in [0.4, 0.5) is 9.39 Å². The number of thiophene rings is 2. The van der Waals surface area contributed by atoms with E-state index in [0.29, 0.717) is 21.2 Å². The second-order valence-electron chi connectivity index (χ2n) is 5.61. The Balaban J connectivity index is 1.65. The number of hydrogen-bond donors (Lipinski definition) is 1. The van der Waals surface area contributed by atoms with Gasteiger partial charge in [-0.1, -0.05) is 0 Å². The highest BCUT2D eigenvalue weighted by Crippen LogP contribution is 2.29. The zero-order chi connectivity index (χ0) is 19.4. The molecule has 8 heteroatoms. The van der Waals surface area contributed by atoms with E-state index in [1.165, 1.54) is 41.9 Å².